The molecule has 0 aliphatic carbocycles. The van der Waals surface area contributed by atoms with Crippen molar-refractivity contribution < 1.29 is 18.7 Å². The number of carbonyl (C=O) groups excluding carboxylic acids is 1. The maximum atomic E-state index is 13.0. The van der Waals surface area contributed by atoms with Gasteiger partial charge in [-0.05, 0) is 36.4 Å². The summed E-state index contributed by atoms with van der Waals surface area (Å²) in [5.74, 6) is 0.936. The molecule has 0 saturated carbocycles. The van der Waals surface area contributed by atoms with Crippen LogP contribution in [0.4, 0.5) is 10.1 Å². The average molecular weight is 387 g/mol. The van der Waals surface area contributed by atoms with Crippen LogP contribution in [0, 0.1) is 5.82 Å². The molecule has 0 spiro atoms. The fourth-order valence-corrected chi connectivity index (χ4v) is 3.13. The minimum atomic E-state index is -0.214. The minimum absolute atomic E-state index is 0.0223. The number of nitrogens with zero attached hydrogens (tertiary/aromatic N) is 2. The Morgan fingerprint density at radius 3 is 2.50 bits per heavy atom. The summed E-state index contributed by atoms with van der Waals surface area (Å²) < 4.78 is 23.6. The number of anilines is 1. The summed E-state index contributed by atoms with van der Waals surface area (Å²) in [6.45, 7) is 4.95. The average Bonchev–Trinajstić information content (AvgIpc) is 2.73. The highest BCUT2D eigenvalue weighted by molar-refractivity contribution is 5.77. The Balaban J connectivity index is 1.32. The van der Waals surface area contributed by atoms with Crippen LogP contribution in [0.2, 0.25) is 0 Å². The van der Waals surface area contributed by atoms with Crippen LogP contribution in [0.3, 0.4) is 0 Å². The molecule has 2 aromatic rings. The van der Waals surface area contributed by atoms with Crippen LogP contribution < -0.4 is 19.7 Å². The number of hydrogen-bond donors (Lipinski definition) is 1. The number of rotatable bonds is 8. The molecule has 150 valence electrons. The molecular weight excluding hydrogens is 361 g/mol. The van der Waals surface area contributed by atoms with Gasteiger partial charge in [-0.3, -0.25) is 9.69 Å². The van der Waals surface area contributed by atoms with E-state index in [1.54, 1.807) is 19.2 Å². The van der Waals surface area contributed by atoms with E-state index in [0.717, 1.165) is 38.4 Å². The molecule has 1 N–H and O–H groups in total. The summed E-state index contributed by atoms with van der Waals surface area (Å²) >= 11 is 0. The van der Waals surface area contributed by atoms with Gasteiger partial charge < -0.3 is 19.7 Å². The summed E-state index contributed by atoms with van der Waals surface area (Å²) in [5.41, 5.74) is 1.05. The second kappa shape index (κ2) is 9.94. The molecule has 28 heavy (non-hydrogen) atoms. The van der Waals surface area contributed by atoms with Crippen LogP contribution in [-0.2, 0) is 4.79 Å². The largest absolute Gasteiger partial charge is 0.497 e. The molecule has 2 aromatic carbocycles. The lowest BCUT2D eigenvalue weighted by Crippen LogP contribution is -2.48. The Labute approximate surface area is 164 Å². The highest BCUT2D eigenvalue weighted by atomic mass is 19.1. The van der Waals surface area contributed by atoms with Crippen molar-refractivity contribution in [2.45, 2.75) is 0 Å². The van der Waals surface area contributed by atoms with Gasteiger partial charge in [0.25, 0.3) is 5.91 Å². The molecule has 0 radical (unpaired) electrons. The van der Waals surface area contributed by atoms with E-state index in [2.05, 4.69) is 15.1 Å². The van der Waals surface area contributed by atoms with Crippen molar-refractivity contribution in [2.75, 3.05) is 57.9 Å². The van der Waals surface area contributed by atoms with Crippen LogP contribution in [0.1, 0.15) is 0 Å². The van der Waals surface area contributed by atoms with Crippen molar-refractivity contribution in [1.82, 2.24) is 10.2 Å². The first-order chi connectivity index (χ1) is 13.6. The predicted molar refractivity (Wildman–Crippen MR) is 107 cm³/mol. The van der Waals surface area contributed by atoms with E-state index in [4.69, 9.17) is 9.47 Å². The van der Waals surface area contributed by atoms with Crippen molar-refractivity contribution in [2.24, 2.45) is 0 Å². The standard InChI is InChI=1S/C21H26FN3O3/c1-27-19-3-2-4-20(15-19)28-16-21(26)23-9-10-24-11-13-25(14-12-24)18-7-5-17(22)6-8-18/h2-8,15H,9-14,16H2,1H3,(H,23,26). The fourth-order valence-electron chi connectivity index (χ4n) is 3.13. The molecule has 0 unspecified atom stereocenters. The fraction of sp³-hybridized carbons (Fsp3) is 0.381. The summed E-state index contributed by atoms with van der Waals surface area (Å²) in [4.78, 5) is 16.5. The van der Waals surface area contributed by atoms with E-state index in [1.807, 2.05) is 24.3 Å². The molecule has 1 fully saturated rings. The van der Waals surface area contributed by atoms with Crippen LogP contribution in [-0.4, -0.2) is 63.8 Å². The van der Waals surface area contributed by atoms with Crippen LogP contribution in [0.15, 0.2) is 48.5 Å². The second-order valence-electron chi connectivity index (χ2n) is 6.62. The van der Waals surface area contributed by atoms with Gasteiger partial charge in [0, 0.05) is 51.0 Å². The molecule has 1 amide bonds. The van der Waals surface area contributed by atoms with Crippen molar-refractivity contribution in [3.8, 4) is 11.5 Å². The molecule has 3 rings (SSSR count). The van der Waals surface area contributed by atoms with Gasteiger partial charge in [0.2, 0.25) is 0 Å². The molecule has 1 aliphatic rings. The zero-order chi connectivity index (χ0) is 19.8. The number of hydrogen-bond acceptors (Lipinski definition) is 5. The monoisotopic (exact) mass is 387 g/mol. The molecule has 0 atom stereocenters. The Kier molecular flexibility index (Phi) is 7.08. The van der Waals surface area contributed by atoms with Crippen LogP contribution in [0.25, 0.3) is 0 Å². The Hall–Kier alpha value is -2.80. The molecule has 1 saturated heterocycles. The van der Waals surface area contributed by atoms with E-state index in [0.29, 0.717) is 18.0 Å². The van der Waals surface area contributed by atoms with Crippen molar-refractivity contribution in [1.29, 1.82) is 0 Å². The Morgan fingerprint density at radius 1 is 1.07 bits per heavy atom. The van der Waals surface area contributed by atoms with Gasteiger partial charge in [-0.25, -0.2) is 4.39 Å². The summed E-state index contributed by atoms with van der Waals surface area (Å²) in [6, 6.07) is 13.8. The van der Waals surface area contributed by atoms with E-state index < -0.39 is 0 Å². The first kappa shape index (κ1) is 19.9. The lowest BCUT2D eigenvalue weighted by Gasteiger charge is -2.36. The molecule has 7 heteroatoms. The lowest BCUT2D eigenvalue weighted by atomic mass is 10.2. The summed E-state index contributed by atoms with van der Waals surface area (Å²) in [6.07, 6.45) is 0. The number of methoxy groups -OCH3 is 1. The normalized spacial score (nSPS) is 14.6. The van der Waals surface area contributed by atoms with Crippen molar-refractivity contribution >= 4 is 11.6 Å². The van der Waals surface area contributed by atoms with E-state index in [-0.39, 0.29) is 18.3 Å². The Bertz CT molecular complexity index is 762. The van der Waals surface area contributed by atoms with E-state index >= 15 is 0 Å². The first-order valence-corrected chi connectivity index (χ1v) is 9.40. The molecule has 1 heterocycles. The summed E-state index contributed by atoms with van der Waals surface area (Å²) in [7, 11) is 1.59. The van der Waals surface area contributed by atoms with Gasteiger partial charge >= 0.3 is 0 Å². The number of halogens is 1. The number of carbonyl (C=O) groups is 1. The first-order valence-electron chi connectivity index (χ1n) is 9.40. The number of piperazine rings is 1. The molecule has 0 aromatic heterocycles. The van der Waals surface area contributed by atoms with Gasteiger partial charge in [-0.1, -0.05) is 6.07 Å². The van der Waals surface area contributed by atoms with Crippen LogP contribution in [0.5, 0.6) is 11.5 Å². The zero-order valence-electron chi connectivity index (χ0n) is 16.1. The minimum Gasteiger partial charge on any atom is -0.497 e. The molecule has 1 aliphatic heterocycles. The SMILES string of the molecule is COc1cccc(OCC(=O)NCCN2CCN(c3ccc(F)cc3)CC2)c1. The quantitative estimate of drug-likeness (QED) is 0.752. The van der Waals surface area contributed by atoms with Gasteiger partial charge in [0.15, 0.2) is 6.61 Å². The number of ether oxygens (including phenoxy) is 2. The van der Waals surface area contributed by atoms with Gasteiger partial charge in [-0.2, -0.15) is 0 Å². The van der Waals surface area contributed by atoms with Crippen molar-refractivity contribution in [3.05, 3.63) is 54.3 Å². The van der Waals surface area contributed by atoms with Gasteiger partial charge in [0.1, 0.15) is 17.3 Å². The maximum absolute atomic E-state index is 13.0. The van der Waals surface area contributed by atoms with E-state index in [9.17, 15) is 9.18 Å². The third-order valence-electron chi connectivity index (χ3n) is 4.73. The highest BCUT2D eigenvalue weighted by Gasteiger charge is 2.17. The number of benzene rings is 2. The third kappa shape index (κ3) is 5.85. The Morgan fingerprint density at radius 2 is 1.79 bits per heavy atom. The number of amides is 1. The van der Waals surface area contributed by atoms with Gasteiger partial charge in [-0.15, -0.1) is 0 Å². The second-order valence-corrected chi connectivity index (χ2v) is 6.62. The predicted octanol–water partition coefficient (Wildman–Crippen LogP) is 2.15. The highest BCUT2D eigenvalue weighted by Crippen LogP contribution is 2.19. The van der Waals surface area contributed by atoms with Gasteiger partial charge in [0.05, 0.1) is 7.11 Å². The molecule has 6 nitrogen and oxygen atoms in total. The number of nitrogens with one attached hydrogen (secondary N) is 1. The summed E-state index contributed by atoms with van der Waals surface area (Å²) in [5, 5.41) is 2.89. The maximum Gasteiger partial charge on any atom is 0.257 e. The van der Waals surface area contributed by atoms with Crippen LogP contribution >= 0.6 is 0 Å². The lowest BCUT2D eigenvalue weighted by molar-refractivity contribution is -0.123. The topological polar surface area (TPSA) is 54.0 Å². The smallest absolute Gasteiger partial charge is 0.257 e. The van der Waals surface area contributed by atoms with E-state index in [1.165, 1.54) is 12.1 Å². The third-order valence-corrected chi connectivity index (χ3v) is 4.73. The van der Waals surface area contributed by atoms with Crippen molar-refractivity contribution in [3.63, 3.8) is 0 Å². The molecular formula is C21H26FN3O3. The molecule has 0 bridgehead atoms. The zero-order valence-corrected chi connectivity index (χ0v) is 16.1.